The Hall–Kier alpha value is -3.00. The predicted molar refractivity (Wildman–Crippen MR) is 223 cm³/mol. The number of imide groups is 2. The number of carbonyl (C=O) groups is 4. The van der Waals surface area contributed by atoms with Crippen LogP contribution in [-0.2, 0) is 12.8 Å². The van der Waals surface area contributed by atoms with Crippen molar-refractivity contribution in [3.8, 4) is 29.3 Å². The Morgan fingerprint density at radius 2 is 0.827 bits per heavy atom. The molecule has 6 aromatic rings. The number of amides is 4. The van der Waals surface area contributed by atoms with Crippen molar-refractivity contribution in [1.82, 2.24) is 10.6 Å². The number of carbonyl (C=O) groups excluding carboxylic acids is 4. The Morgan fingerprint density at radius 1 is 0.462 bits per heavy atom. The maximum absolute atomic E-state index is 13.4. The topological polar surface area (TPSA) is 92.3 Å². The lowest BCUT2D eigenvalue weighted by Crippen LogP contribution is -2.21. The quantitative estimate of drug-likeness (QED) is 0.0709. The first-order valence-electron chi connectivity index (χ1n) is 18.4. The van der Waals surface area contributed by atoms with Crippen molar-refractivity contribution >= 4 is 110 Å². The maximum atomic E-state index is 13.4. The van der Waals surface area contributed by atoms with Crippen molar-refractivity contribution in [2.24, 2.45) is 0 Å². The third-order valence-corrected chi connectivity index (χ3v) is 17.6. The van der Waals surface area contributed by atoms with Crippen molar-refractivity contribution in [2.45, 2.75) is 104 Å². The zero-order chi connectivity index (χ0) is 35.9. The molecule has 0 atom stereocenters. The monoisotopic (exact) mass is 804 g/mol. The SMILES string of the molecule is CCCCCCCCc1csc2cc(-c3sc(-c4sc(-c5cc6scc(CCCCCCCC)c6s5)c5c4C(=O)NC5=O)c4c3C(=O)NC4=O)sc12. The summed E-state index contributed by atoms with van der Waals surface area (Å²) in [6.45, 7) is 4.48. The highest BCUT2D eigenvalue weighted by atomic mass is 32.1. The average molecular weight is 805 g/mol. The molecule has 52 heavy (non-hydrogen) atoms. The van der Waals surface area contributed by atoms with Gasteiger partial charge in [0.25, 0.3) is 23.6 Å². The minimum Gasteiger partial charge on any atom is -0.288 e. The van der Waals surface area contributed by atoms with Gasteiger partial charge in [0.1, 0.15) is 0 Å². The van der Waals surface area contributed by atoms with Crippen molar-refractivity contribution in [2.75, 3.05) is 0 Å². The summed E-state index contributed by atoms with van der Waals surface area (Å²) in [6, 6.07) is 4.28. The lowest BCUT2D eigenvalue weighted by Gasteiger charge is -2.01. The van der Waals surface area contributed by atoms with E-state index in [4.69, 9.17) is 0 Å². The molecule has 0 bridgehead atoms. The molecule has 2 N–H and O–H groups in total. The van der Waals surface area contributed by atoms with Gasteiger partial charge < -0.3 is 0 Å². The third kappa shape index (κ3) is 6.57. The minimum atomic E-state index is -0.455. The van der Waals surface area contributed by atoms with E-state index in [-0.39, 0.29) is 0 Å². The van der Waals surface area contributed by atoms with Gasteiger partial charge in [0.2, 0.25) is 0 Å². The molecule has 6 nitrogen and oxygen atoms in total. The zero-order valence-corrected chi connectivity index (χ0v) is 34.2. The highest BCUT2D eigenvalue weighted by Crippen LogP contribution is 2.54. The Bertz CT molecular complexity index is 2180. The molecule has 0 fully saturated rings. The maximum Gasteiger partial charge on any atom is 0.260 e. The van der Waals surface area contributed by atoms with Gasteiger partial charge in [-0.2, -0.15) is 0 Å². The van der Waals surface area contributed by atoms with Crippen molar-refractivity contribution in [1.29, 1.82) is 0 Å². The molecule has 0 spiro atoms. The van der Waals surface area contributed by atoms with Crippen LogP contribution in [-0.4, -0.2) is 23.6 Å². The highest BCUT2D eigenvalue weighted by Gasteiger charge is 2.42. The van der Waals surface area contributed by atoms with Gasteiger partial charge in [-0.3, -0.25) is 29.8 Å². The van der Waals surface area contributed by atoms with Crippen LogP contribution in [0, 0.1) is 0 Å². The molecule has 0 aliphatic carbocycles. The molecule has 0 aromatic carbocycles. The van der Waals surface area contributed by atoms with E-state index in [1.807, 2.05) is 0 Å². The van der Waals surface area contributed by atoms with Gasteiger partial charge in [-0.25, -0.2) is 0 Å². The number of aryl methyl sites for hydroxylation is 2. The largest absolute Gasteiger partial charge is 0.288 e. The number of nitrogens with one attached hydrogen (secondary N) is 2. The fraction of sp³-hybridized carbons (Fsp3) is 0.400. The van der Waals surface area contributed by atoms with Gasteiger partial charge in [-0.1, -0.05) is 78.1 Å². The molecular weight excluding hydrogens is 765 g/mol. The van der Waals surface area contributed by atoms with E-state index >= 15 is 0 Å². The summed E-state index contributed by atoms with van der Waals surface area (Å²) < 4.78 is 4.87. The molecule has 12 heteroatoms. The van der Waals surface area contributed by atoms with Gasteiger partial charge >= 0.3 is 0 Å². The van der Waals surface area contributed by atoms with E-state index in [1.54, 1.807) is 45.3 Å². The molecule has 8 rings (SSSR count). The molecule has 0 radical (unpaired) electrons. The van der Waals surface area contributed by atoms with E-state index in [2.05, 4.69) is 47.4 Å². The lowest BCUT2D eigenvalue weighted by atomic mass is 10.1. The van der Waals surface area contributed by atoms with E-state index < -0.39 is 23.6 Å². The number of rotatable bonds is 17. The minimum absolute atomic E-state index is 0.310. The van der Waals surface area contributed by atoms with Gasteiger partial charge in [-0.15, -0.1) is 68.0 Å². The summed E-state index contributed by atoms with van der Waals surface area (Å²) in [5, 5.41) is 9.57. The zero-order valence-electron chi connectivity index (χ0n) is 29.3. The first-order chi connectivity index (χ1) is 25.4. The van der Waals surface area contributed by atoms with Crippen LogP contribution in [0.3, 0.4) is 0 Å². The molecule has 2 aliphatic heterocycles. The summed E-state index contributed by atoms with van der Waals surface area (Å²) in [7, 11) is 0. The van der Waals surface area contributed by atoms with Crippen LogP contribution < -0.4 is 10.6 Å². The first-order valence-corrected chi connectivity index (χ1v) is 23.5. The molecule has 8 heterocycles. The molecular formula is C40H40N2O4S6. The van der Waals surface area contributed by atoms with Crippen LogP contribution in [0.5, 0.6) is 0 Å². The van der Waals surface area contributed by atoms with Crippen LogP contribution in [0.4, 0.5) is 0 Å². The van der Waals surface area contributed by atoms with Crippen molar-refractivity contribution in [3.63, 3.8) is 0 Å². The second kappa shape index (κ2) is 15.4. The third-order valence-electron chi connectivity index (χ3n) is 10.1. The molecule has 270 valence electrons. The highest BCUT2D eigenvalue weighted by molar-refractivity contribution is 7.34. The summed E-state index contributed by atoms with van der Waals surface area (Å²) in [5.74, 6) is -1.73. The van der Waals surface area contributed by atoms with Crippen LogP contribution in [0.15, 0.2) is 22.9 Å². The Balaban J connectivity index is 1.14. The van der Waals surface area contributed by atoms with Crippen molar-refractivity contribution in [3.05, 3.63) is 56.3 Å². The normalized spacial score (nSPS) is 14.0. The van der Waals surface area contributed by atoms with Gasteiger partial charge in [0.15, 0.2) is 0 Å². The summed E-state index contributed by atoms with van der Waals surface area (Å²) in [5.41, 5.74) is 4.07. The lowest BCUT2D eigenvalue weighted by molar-refractivity contribution is 0.0863. The van der Waals surface area contributed by atoms with Gasteiger partial charge in [0.05, 0.1) is 41.8 Å². The van der Waals surface area contributed by atoms with Crippen LogP contribution >= 0.6 is 68.0 Å². The second-order valence-electron chi connectivity index (χ2n) is 13.8. The van der Waals surface area contributed by atoms with Gasteiger partial charge in [-0.05, 0) is 59.7 Å². The summed E-state index contributed by atoms with van der Waals surface area (Å²) in [4.78, 5) is 58.1. The molecule has 6 aromatic heterocycles. The smallest absolute Gasteiger partial charge is 0.260 e. The van der Waals surface area contributed by atoms with E-state index in [0.717, 1.165) is 45.2 Å². The number of fused-ring (bicyclic) bond motifs is 4. The van der Waals surface area contributed by atoms with Gasteiger partial charge in [0, 0.05) is 28.6 Å². The average Bonchev–Trinajstić information content (AvgIpc) is 3.97. The second-order valence-corrected chi connectivity index (χ2v) is 19.7. The van der Waals surface area contributed by atoms with Crippen molar-refractivity contribution < 1.29 is 19.2 Å². The van der Waals surface area contributed by atoms with Crippen LogP contribution in [0.1, 0.15) is 143 Å². The summed E-state index contributed by atoms with van der Waals surface area (Å²) in [6.07, 6.45) is 17.1. The van der Waals surface area contributed by atoms with Crippen LogP contribution in [0.2, 0.25) is 0 Å². The Kier molecular flexibility index (Phi) is 10.7. The van der Waals surface area contributed by atoms with E-state index in [0.29, 0.717) is 32.0 Å². The predicted octanol–water partition coefficient (Wildman–Crippen LogP) is 12.9. The standard InChI is InChI=1S/C40H40N2O4S6/c1-3-5-7-9-11-13-15-21-19-47-23-17-25(49-31(21)23)33-27-29(39(45)41-37(27)43)35(51-33)36-30-28(38(44)42-40(30)46)34(52-36)26-18-24-32(50-26)22(20-48-24)16-14-12-10-8-6-4-2/h17-20H,3-16H2,1-2H3,(H,41,43,45)(H,42,44,46). The molecule has 0 saturated heterocycles. The summed E-state index contributed by atoms with van der Waals surface area (Å²) >= 11 is 9.60. The molecule has 0 saturated carbocycles. The number of thiophene rings is 6. The fourth-order valence-corrected chi connectivity index (χ4v) is 15.2. The Labute approximate surface area is 327 Å². The Morgan fingerprint density at radius 3 is 1.23 bits per heavy atom. The first kappa shape index (κ1) is 36.0. The van der Waals surface area contributed by atoms with E-state index in [1.165, 1.54) is 117 Å². The fourth-order valence-electron chi connectivity index (χ4n) is 7.36. The number of hydrogen-bond donors (Lipinski definition) is 2. The molecule has 0 unspecified atom stereocenters. The number of unbranched alkanes of at least 4 members (excludes halogenated alkanes) is 10. The molecule has 2 aliphatic rings. The van der Waals surface area contributed by atoms with E-state index in [9.17, 15) is 19.2 Å². The molecule has 4 amide bonds. The van der Waals surface area contributed by atoms with Crippen LogP contribution in [0.25, 0.3) is 48.1 Å². The number of hydrogen-bond acceptors (Lipinski definition) is 10.